The first kappa shape index (κ1) is 26.1. The van der Waals surface area contributed by atoms with E-state index in [4.69, 9.17) is 27.9 Å². The third-order valence-corrected chi connectivity index (χ3v) is 5.27. The summed E-state index contributed by atoms with van der Waals surface area (Å²) in [6.07, 6.45) is 1.20. The number of carbonyl (C=O) groups is 2. The van der Waals surface area contributed by atoms with Gasteiger partial charge in [0.25, 0.3) is 23.2 Å². The normalized spacial score (nSPS) is 10.9. The van der Waals surface area contributed by atoms with Gasteiger partial charge in [-0.3, -0.25) is 29.8 Å². The first-order valence-electron chi connectivity index (χ1n) is 9.95. The van der Waals surface area contributed by atoms with Crippen LogP contribution in [0.25, 0.3) is 6.08 Å². The van der Waals surface area contributed by atoms with Gasteiger partial charge < -0.3 is 15.4 Å². The summed E-state index contributed by atoms with van der Waals surface area (Å²) in [5, 5.41) is 27.5. The summed E-state index contributed by atoms with van der Waals surface area (Å²) in [7, 11) is 1.37. The Morgan fingerprint density at radius 3 is 2.31 bits per heavy atom. The third-order valence-electron chi connectivity index (χ3n) is 4.70. The Kier molecular flexibility index (Phi) is 8.20. The Morgan fingerprint density at radius 2 is 1.64 bits per heavy atom. The van der Waals surface area contributed by atoms with Gasteiger partial charge in [0.1, 0.15) is 11.4 Å². The molecule has 2 amide bonds. The van der Waals surface area contributed by atoms with Gasteiger partial charge >= 0.3 is 0 Å². The van der Waals surface area contributed by atoms with E-state index < -0.39 is 21.7 Å². The molecule has 184 valence electrons. The molecule has 0 spiro atoms. The van der Waals surface area contributed by atoms with E-state index in [-0.39, 0.29) is 44.7 Å². The fourth-order valence-corrected chi connectivity index (χ4v) is 3.37. The highest BCUT2D eigenvalue weighted by atomic mass is 35.5. The Hall–Kier alpha value is -4.48. The number of nitrogens with zero attached hydrogens (tertiary/aromatic N) is 2. The second-order valence-electron chi connectivity index (χ2n) is 7.08. The minimum Gasteiger partial charge on any atom is -0.495 e. The van der Waals surface area contributed by atoms with Crippen molar-refractivity contribution in [3.63, 3.8) is 0 Å². The fourth-order valence-electron chi connectivity index (χ4n) is 3.00. The second kappa shape index (κ2) is 11.3. The van der Waals surface area contributed by atoms with Crippen molar-refractivity contribution in [2.75, 3.05) is 12.4 Å². The molecule has 0 aliphatic carbocycles. The maximum Gasteiger partial charge on any atom is 0.272 e. The molecule has 0 unspecified atom stereocenters. The molecule has 0 bridgehead atoms. The van der Waals surface area contributed by atoms with Crippen LogP contribution in [0.1, 0.15) is 15.9 Å². The number of nitrogens with one attached hydrogen (secondary N) is 2. The van der Waals surface area contributed by atoms with E-state index in [2.05, 4.69) is 10.6 Å². The lowest BCUT2D eigenvalue weighted by Gasteiger charge is -2.14. The van der Waals surface area contributed by atoms with E-state index in [9.17, 15) is 29.8 Å². The number of methoxy groups -OCH3 is 1. The Balaban J connectivity index is 2.02. The molecule has 0 aromatic heterocycles. The number of hydrogen-bond acceptors (Lipinski definition) is 7. The number of ether oxygens (including phenoxy) is 1. The van der Waals surface area contributed by atoms with Crippen molar-refractivity contribution in [3.05, 3.63) is 108 Å². The number of benzene rings is 3. The first-order chi connectivity index (χ1) is 17.1. The van der Waals surface area contributed by atoms with Gasteiger partial charge in [-0.25, -0.2) is 0 Å². The molecule has 3 aromatic carbocycles. The van der Waals surface area contributed by atoms with Crippen LogP contribution < -0.4 is 15.4 Å². The summed E-state index contributed by atoms with van der Waals surface area (Å²) >= 11 is 12.0. The van der Waals surface area contributed by atoms with Crippen LogP contribution in [0.5, 0.6) is 5.75 Å². The summed E-state index contributed by atoms with van der Waals surface area (Å²) in [6.45, 7) is 0. The van der Waals surface area contributed by atoms with Crippen molar-refractivity contribution >= 4 is 58.2 Å². The van der Waals surface area contributed by atoms with E-state index >= 15 is 0 Å². The largest absolute Gasteiger partial charge is 0.495 e. The van der Waals surface area contributed by atoms with Crippen molar-refractivity contribution in [2.24, 2.45) is 0 Å². The van der Waals surface area contributed by atoms with E-state index in [1.807, 2.05) is 0 Å². The highest BCUT2D eigenvalue weighted by Crippen LogP contribution is 2.28. The van der Waals surface area contributed by atoms with Gasteiger partial charge in [-0.15, -0.1) is 0 Å². The van der Waals surface area contributed by atoms with Crippen molar-refractivity contribution in [1.29, 1.82) is 0 Å². The van der Waals surface area contributed by atoms with Crippen LogP contribution in [0, 0.1) is 20.2 Å². The second-order valence-corrected chi connectivity index (χ2v) is 7.93. The van der Waals surface area contributed by atoms with Gasteiger partial charge in [-0.2, -0.15) is 0 Å². The quantitative estimate of drug-likeness (QED) is 0.229. The predicted octanol–water partition coefficient (Wildman–Crippen LogP) is 5.23. The Bertz CT molecular complexity index is 1410. The number of non-ortho nitro benzene ring substituents is 2. The van der Waals surface area contributed by atoms with E-state index in [1.54, 1.807) is 0 Å². The molecule has 0 radical (unpaired) electrons. The van der Waals surface area contributed by atoms with Gasteiger partial charge in [0, 0.05) is 35.4 Å². The molecule has 0 heterocycles. The molecular formula is C23H16Cl2N4O7. The SMILES string of the molecule is COc1cc(Cl)ccc1NC(=O)C(=Cc1cccc([N+](=O)[O-])c1)NC(=O)c1cc([N+](=O)[O-])ccc1Cl. The van der Waals surface area contributed by atoms with Gasteiger partial charge in [0.05, 0.1) is 33.2 Å². The molecule has 0 aliphatic heterocycles. The van der Waals surface area contributed by atoms with Gasteiger partial charge in [0.15, 0.2) is 0 Å². The molecule has 0 atom stereocenters. The smallest absolute Gasteiger partial charge is 0.272 e. The molecule has 0 fully saturated rings. The number of nitro groups is 2. The maximum atomic E-state index is 13.2. The van der Waals surface area contributed by atoms with Crippen molar-refractivity contribution < 1.29 is 24.2 Å². The lowest BCUT2D eigenvalue weighted by molar-refractivity contribution is -0.385. The molecule has 0 saturated carbocycles. The molecular weight excluding hydrogens is 515 g/mol. The fraction of sp³-hybridized carbons (Fsp3) is 0.0435. The van der Waals surface area contributed by atoms with Crippen LogP contribution in [-0.2, 0) is 4.79 Å². The first-order valence-corrected chi connectivity index (χ1v) is 10.7. The highest BCUT2D eigenvalue weighted by molar-refractivity contribution is 6.34. The van der Waals surface area contributed by atoms with Crippen molar-refractivity contribution in [1.82, 2.24) is 5.32 Å². The number of anilines is 1. The number of hydrogen-bond donors (Lipinski definition) is 2. The summed E-state index contributed by atoms with van der Waals surface area (Å²) in [5.41, 5.74) is -0.768. The van der Waals surface area contributed by atoms with Gasteiger partial charge in [0.2, 0.25) is 0 Å². The summed E-state index contributed by atoms with van der Waals surface area (Å²) in [6, 6.07) is 13.0. The summed E-state index contributed by atoms with van der Waals surface area (Å²) in [4.78, 5) is 47.0. The Labute approximate surface area is 213 Å². The zero-order valence-corrected chi connectivity index (χ0v) is 19.9. The van der Waals surface area contributed by atoms with Crippen LogP contribution in [0.3, 0.4) is 0 Å². The van der Waals surface area contributed by atoms with Crippen molar-refractivity contribution in [3.8, 4) is 5.75 Å². The minimum atomic E-state index is -0.918. The number of rotatable bonds is 8. The maximum absolute atomic E-state index is 13.2. The van der Waals surface area contributed by atoms with Crippen LogP contribution in [0.2, 0.25) is 10.0 Å². The van der Waals surface area contributed by atoms with E-state index in [0.29, 0.717) is 5.02 Å². The molecule has 0 aliphatic rings. The van der Waals surface area contributed by atoms with Crippen LogP contribution in [-0.4, -0.2) is 28.8 Å². The lowest BCUT2D eigenvalue weighted by Crippen LogP contribution is -2.31. The summed E-state index contributed by atoms with van der Waals surface area (Å²) in [5.74, 6) is -1.51. The molecule has 11 nitrogen and oxygen atoms in total. The van der Waals surface area contributed by atoms with Gasteiger partial charge in [-0.05, 0) is 29.8 Å². The predicted molar refractivity (Wildman–Crippen MR) is 133 cm³/mol. The van der Waals surface area contributed by atoms with Crippen molar-refractivity contribution in [2.45, 2.75) is 0 Å². The zero-order valence-electron chi connectivity index (χ0n) is 18.4. The van der Waals surface area contributed by atoms with E-state index in [0.717, 1.165) is 12.1 Å². The molecule has 13 heteroatoms. The van der Waals surface area contributed by atoms with Crippen LogP contribution in [0.15, 0.2) is 66.4 Å². The molecule has 0 saturated heterocycles. The molecule has 3 rings (SSSR count). The average Bonchev–Trinajstić information content (AvgIpc) is 2.84. The number of halogens is 2. The van der Waals surface area contributed by atoms with Crippen LogP contribution >= 0.6 is 23.2 Å². The molecule has 2 N–H and O–H groups in total. The van der Waals surface area contributed by atoms with Crippen LogP contribution in [0.4, 0.5) is 17.1 Å². The standard InChI is InChI=1S/C23H16Cl2N4O7/c1-36-21-11-14(24)5-8-19(21)26-23(31)20(10-13-3-2-4-15(9-13)28(32)33)27-22(30)17-12-16(29(34)35)6-7-18(17)25/h2-12H,1H3,(H,26,31)(H,27,30). The lowest BCUT2D eigenvalue weighted by atomic mass is 10.1. The number of nitro benzene ring substituents is 2. The van der Waals surface area contributed by atoms with Gasteiger partial charge in [-0.1, -0.05) is 35.3 Å². The number of amides is 2. The topological polar surface area (TPSA) is 154 Å². The zero-order chi connectivity index (χ0) is 26.4. The third kappa shape index (κ3) is 6.34. The molecule has 3 aromatic rings. The highest BCUT2D eigenvalue weighted by Gasteiger charge is 2.21. The average molecular weight is 531 g/mol. The summed E-state index contributed by atoms with van der Waals surface area (Å²) < 4.78 is 5.21. The minimum absolute atomic E-state index is 0.0902. The Morgan fingerprint density at radius 1 is 0.944 bits per heavy atom. The monoisotopic (exact) mass is 530 g/mol. The molecule has 36 heavy (non-hydrogen) atoms. The number of carbonyl (C=O) groups excluding carboxylic acids is 2. The van der Waals surface area contributed by atoms with E-state index in [1.165, 1.54) is 61.7 Å².